The number of ether oxygens (including phenoxy) is 5. The summed E-state index contributed by atoms with van der Waals surface area (Å²) in [7, 11) is 4.64. The highest BCUT2D eigenvalue weighted by atomic mass is 127. The van der Waals surface area contributed by atoms with Gasteiger partial charge in [0.2, 0.25) is 0 Å². The van der Waals surface area contributed by atoms with Crippen LogP contribution in [-0.4, -0.2) is 60.9 Å². The smallest absolute Gasteiger partial charge is 0.330 e. The minimum absolute atomic E-state index is 0.0698. The first-order valence-electron chi connectivity index (χ1n) is 13.2. The van der Waals surface area contributed by atoms with Gasteiger partial charge in [-0.2, -0.15) is 0 Å². The molecule has 10 nitrogen and oxygen atoms in total. The summed E-state index contributed by atoms with van der Waals surface area (Å²) in [5, 5.41) is 11.3. The van der Waals surface area contributed by atoms with Crippen molar-refractivity contribution in [1.29, 1.82) is 0 Å². The molecule has 4 unspecified atom stereocenters. The molecule has 1 saturated heterocycles. The molecule has 0 saturated carbocycles. The molecule has 1 aromatic heterocycles. The van der Waals surface area contributed by atoms with Gasteiger partial charge in [0.1, 0.15) is 35.4 Å². The van der Waals surface area contributed by atoms with Gasteiger partial charge in [0.15, 0.2) is 6.23 Å². The van der Waals surface area contributed by atoms with E-state index in [-0.39, 0.29) is 6.61 Å². The molecule has 1 fully saturated rings. The molecule has 2 N–H and O–H groups in total. The maximum atomic E-state index is 12.7. The van der Waals surface area contributed by atoms with Crippen LogP contribution in [0.1, 0.15) is 22.9 Å². The highest BCUT2D eigenvalue weighted by molar-refractivity contribution is 14.1. The van der Waals surface area contributed by atoms with Gasteiger partial charge in [0.25, 0.3) is 5.56 Å². The highest BCUT2D eigenvalue weighted by Crippen LogP contribution is 2.43. The van der Waals surface area contributed by atoms with E-state index >= 15 is 0 Å². The normalized spacial score (nSPS) is 20.4. The van der Waals surface area contributed by atoms with Crippen LogP contribution in [-0.2, 0) is 19.8 Å². The molecule has 2 heterocycles. The Morgan fingerprint density at radius 3 is 1.95 bits per heavy atom. The van der Waals surface area contributed by atoms with Crippen molar-refractivity contribution in [2.24, 2.45) is 0 Å². The van der Waals surface area contributed by atoms with E-state index in [4.69, 9.17) is 23.7 Å². The molecule has 0 spiro atoms. The molecule has 0 amide bonds. The summed E-state index contributed by atoms with van der Waals surface area (Å²) in [4.78, 5) is 26.9. The number of aliphatic hydroxyl groups is 1. The first kappa shape index (κ1) is 30.0. The summed E-state index contributed by atoms with van der Waals surface area (Å²) in [5.74, 6) is 1.38. The average molecular weight is 686 g/mol. The minimum atomic E-state index is -1.14. The summed E-state index contributed by atoms with van der Waals surface area (Å²) in [5.41, 5.74) is 0.177. The molecule has 0 bridgehead atoms. The van der Waals surface area contributed by atoms with Crippen LogP contribution in [0.5, 0.6) is 11.5 Å². The van der Waals surface area contributed by atoms with E-state index in [2.05, 4.69) is 4.98 Å². The lowest BCUT2D eigenvalue weighted by molar-refractivity contribution is -0.0967. The molecule has 0 aliphatic carbocycles. The van der Waals surface area contributed by atoms with E-state index < -0.39 is 41.4 Å². The fourth-order valence-electron chi connectivity index (χ4n) is 5.27. The fraction of sp³-hybridized carbons (Fsp3) is 0.290. The van der Waals surface area contributed by atoms with E-state index in [9.17, 15) is 14.7 Å². The van der Waals surface area contributed by atoms with Crippen LogP contribution in [0, 0.1) is 3.57 Å². The Labute approximate surface area is 255 Å². The first-order chi connectivity index (χ1) is 20.3. The number of nitrogens with zero attached hydrogens (tertiary/aromatic N) is 1. The van der Waals surface area contributed by atoms with Gasteiger partial charge in [0.05, 0.1) is 24.4 Å². The summed E-state index contributed by atoms with van der Waals surface area (Å²) >= 11 is 1.83. The Morgan fingerprint density at radius 2 is 1.43 bits per heavy atom. The Morgan fingerprint density at radius 1 is 0.881 bits per heavy atom. The molecule has 4 atom stereocenters. The van der Waals surface area contributed by atoms with E-state index in [1.165, 1.54) is 17.9 Å². The van der Waals surface area contributed by atoms with Crippen molar-refractivity contribution in [2.45, 2.75) is 30.1 Å². The van der Waals surface area contributed by atoms with Gasteiger partial charge in [-0.15, -0.1) is 0 Å². The second-order valence-electron chi connectivity index (χ2n) is 9.71. The largest absolute Gasteiger partial charge is 0.497 e. The Balaban J connectivity index is 1.57. The summed E-state index contributed by atoms with van der Waals surface area (Å²) in [6.07, 6.45) is -2.53. The summed E-state index contributed by atoms with van der Waals surface area (Å²) in [6, 6.07) is 24.9. The zero-order valence-electron chi connectivity index (χ0n) is 23.2. The van der Waals surface area contributed by atoms with Gasteiger partial charge in [-0.05, 0) is 63.5 Å². The van der Waals surface area contributed by atoms with Gasteiger partial charge in [0, 0.05) is 13.3 Å². The number of hydrogen-bond donors (Lipinski definition) is 2. The number of nitrogens with one attached hydrogen (secondary N) is 1. The van der Waals surface area contributed by atoms with Gasteiger partial charge < -0.3 is 28.8 Å². The van der Waals surface area contributed by atoms with Gasteiger partial charge in [-0.1, -0.05) is 54.6 Å². The number of halogens is 1. The van der Waals surface area contributed by atoms with E-state index in [1.807, 2.05) is 101 Å². The predicted octanol–water partition coefficient (Wildman–Crippen LogP) is 3.44. The van der Waals surface area contributed by atoms with Crippen LogP contribution in [0.25, 0.3) is 0 Å². The molecule has 220 valence electrons. The molecule has 4 aromatic rings. The topological polar surface area (TPSA) is 121 Å². The third kappa shape index (κ3) is 5.62. The van der Waals surface area contributed by atoms with Crippen LogP contribution in [0.3, 0.4) is 0 Å². The quantitative estimate of drug-likeness (QED) is 0.193. The van der Waals surface area contributed by atoms with Gasteiger partial charge >= 0.3 is 5.69 Å². The van der Waals surface area contributed by atoms with Crippen molar-refractivity contribution in [3.05, 3.63) is 126 Å². The number of aromatic amines is 1. The van der Waals surface area contributed by atoms with Crippen LogP contribution < -0.4 is 20.7 Å². The zero-order chi connectivity index (χ0) is 29.9. The van der Waals surface area contributed by atoms with E-state index in [1.54, 1.807) is 14.2 Å². The molecule has 1 aliphatic rings. The lowest BCUT2D eigenvalue weighted by atomic mass is 9.80. The number of aromatic nitrogens is 2. The Bertz CT molecular complexity index is 1560. The predicted molar refractivity (Wildman–Crippen MR) is 163 cm³/mol. The Kier molecular flexibility index (Phi) is 9.13. The van der Waals surface area contributed by atoms with E-state index in [0.717, 1.165) is 16.7 Å². The van der Waals surface area contributed by atoms with Crippen molar-refractivity contribution in [1.82, 2.24) is 9.55 Å². The summed E-state index contributed by atoms with van der Waals surface area (Å²) in [6.45, 7) is -0.0698. The average Bonchev–Trinajstić information content (AvgIpc) is 3.34. The fourth-order valence-corrected chi connectivity index (χ4v) is 5.70. The van der Waals surface area contributed by atoms with Gasteiger partial charge in [-0.3, -0.25) is 14.3 Å². The van der Waals surface area contributed by atoms with Crippen LogP contribution >= 0.6 is 22.6 Å². The van der Waals surface area contributed by atoms with Crippen molar-refractivity contribution < 1.29 is 28.8 Å². The molecule has 42 heavy (non-hydrogen) atoms. The maximum Gasteiger partial charge on any atom is 0.330 e. The lowest BCUT2D eigenvalue weighted by Gasteiger charge is -2.37. The van der Waals surface area contributed by atoms with Crippen molar-refractivity contribution in [3.63, 3.8) is 0 Å². The van der Waals surface area contributed by atoms with Crippen molar-refractivity contribution in [2.75, 3.05) is 27.9 Å². The SMILES string of the molecule is COc1ccc(C(OCC2OC(n3cc(I)c(=O)[nH]c3=O)C(OC)C2O)(c2ccccc2)c2ccc(OC)cc2)cc1. The summed E-state index contributed by atoms with van der Waals surface area (Å²) < 4.78 is 31.0. The van der Waals surface area contributed by atoms with E-state index in [0.29, 0.717) is 15.1 Å². The monoisotopic (exact) mass is 686 g/mol. The molecular weight excluding hydrogens is 655 g/mol. The second kappa shape index (κ2) is 12.8. The molecule has 1 aliphatic heterocycles. The van der Waals surface area contributed by atoms with Crippen molar-refractivity contribution >= 4 is 22.6 Å². The second-order valence-corrected chi connectivity index (χ2v) is 10.9. The minimum Gasteiger partial charge on any atom is -0.497 e. The number of methoxy groups -OCH3 is 3. The standard InChI is InChI=1S/C31H31IN2O8/c1-38-22-13-9-20(10-14-22)31(19-7-5-4-6-8-19,21-11-15-23(39-2)16-12-21)41-18-25-26(35)27(40-3)29(42-25)34-17-24(32)28(36)33-30(34)37/h4-17,25-27,29,35H,18H2,1-3H3,(H,33,36,37). The van der Waals surface area contributed by atoms with Crippen LogP contribution in [0.15, 0.2) is 94.6 Å². The molecule has 5 rings (SSSR count). The zero-order valence-corrected chi connectivity index (χ0v) is 25.4. The number of benzene rings is 3. The number of hydrogen-bond acceptors (Lipinski definition) is 8. The molecule has 11 heteroatoms. The van der Waals surface area contributed by atoms with Crippen molar-refractivity contribution in [3.8, 4) is 11.5 Å². The number of H-pyrrole nitrogens is 1. The van der Waals surface area contributed by atoms with Gasteiger partial charge in [-0.25, -0.2) is 4.79 Å². The first-order valence-corrected chi connectivity index (χ1v) is 14.3. The molecule has 3 aromatic carbocycles. The lowest BCUT2D eigenvalue weighted by Crippen LogP contribution is -2.40. The highest BCUT2D eigenvalue weighted by Gasteiger charge is 2.47. The Hall–Kier alpha value is -3.49. The maximum absolute atomic E-state index is 12.7. The third-order valence-electron chi connectivity index (χ3n) is 7.42. The third-order valence-corrected chi connectivity index (χ3v) is 8.19. The number of rotatable bonds is 10. The number of aliphatic hydroxyl groups excluding tert-OH is 1. The molecular formula is C31H31IN2O8. The molecule has 0 radical (unpaired) electrons. The van der Waals surface area contributed by atoms with Crippen LogP contribution in [0.4, 0.5) is 0 Å². The van der Waals surface area contributed by atoms with Crippen LogP contribution in [0.2, 0.25) is 0 Å².